The van der Waals surface area contributed by atoms with Crippen LogP contribution in [0.1, 0.15) is 58.3 Å². The summed E-state index contributed by atoms with van der Waals surface area (Å²) in [6.07, 6.45) is 16.3. The molecule has 2 fully saturated rings. The SMILES string of the molecule is C[C@]12CC[C@H]3C(=CCC4CCCC[C@@H]43)C1=CC=C2CC(=O)O. The predicted octanol–water partition coefficient (Wildman–Crippen LogP) is 4.88. The van der Waals surface area contributed by atoms with Crippen LogP contribution < -0.4 is 0 Å². The highest BCUT2D eigenvalue weighted by Gasteiger charge is 2.47. The van der Waals surface area contributed by atoms with Crippen molar-refractivity contribution in [2.45, 2.75) is 58.3 Å². The maximum Gasteiger partial charge on any atom is 0.307 e. The van der Waals surface area contributed by atoms with Gasteiger partial charge in [-0.3, -0.25) is 4.79 Å². The molecule has 0 spiro atoms. The maximum absolute atomic E-state index is 11.2. The lowest BCUT2D eigenvalue weighted by atomic mass is 9.55. The van der Waals surface area contributed by atoms with Crippen LogP contribution in [0.3, 0.4) is 0 Å². The molecule has 4 aliphatic rings. The molecule has 118 valence electrons. The number of carboxylic acid groups (broad SMARTS) is 1. The molecule has 0 aliphatic heterocycles. The van der Waals surface area contributed by atoms with Crippen molar-refractivity contribution in [2.75, 3.05) is 0 Å². The number of carbonyl (C=O) groups is 1. The third-order valence-corrected chi connectivity index (χ3v) is 6.89. The van der Waals surface area contributed by atoms with Crippen LogP contribution in [0.25, 0.3) is 0 Å². The van der Waals surface area contributed by atoms with Gasteiger partial charge in [-0.15, -0.1) is 0 Å². The van der Waals surface area contributed by atoms with Gasteiger partial charge >= 0.3 is 5.97 Å². The minimum atomic E-state index is -0.700. The van der Waals surface area contributed by atoms with E-state index in [1.54, 1.807) is 5.57 Å². The maximum atomic E-state index is 11.2. The van der Waals surface area contributed by atoms with Gasteiger partial charge in [-0.1, -0.05) is 38.0 Å². The number of rotatable bonds is 2. The molecule has 0 aromatic rings. The summed E-state index contributed by atoms with van der Waals surface area (Å²) in [7, 11) is 0. The normalized spacial score (nSPS) is 39.9. The third kappa shape index (κ3) is 2.03. The van der Waals surface area contributed by atoms with E-state index in [-0.39, 0.29) is 11.8 Å². The topological polar surface area (TPSA) is 37.3 Å². The van der Waals surface area contributed by atoms with Gasteiger partial charge in [0.15, 0.2) is 0 Å². The van der Waals surface area contributed by atoms with E-state index in [4.69, 9.17) is 0 Å². The van der Waals surface area contributed by atoms with Crippen molar-refractivity contribution in [1.82, 2.24) is 0 Å². The van der Waals surface area contributed by atoms with Gasteiger partial charge in [0.25, 0.3) is 0 Å². The van der Waals surface area contributed by atoms with E-state index >= 15 is 0 Å². The van der Waals surface area contributed by atoms with Crippen LogP contribution in [0.4, 0.5) is 0 Å². The first kappa shape index (κ1) is 14.3. The average molecular weight is 298 g/mol. The Morgan fingerprint density at radius 2 is 2.09 bits per heavy atom. The smallest absolute Gasteiger partial charge is 0.307 e. The molecule has 0 bridgehead atoms. The predicted molar refractivity (Wildman–Crippen MR) is 87.4 cm³/mol. The molecule has 0 saturated heterocycles. The molecule has 4 rings (SSSR count). The summed E-state index contributed by atoms with van der Waals surface area (Å²) < 4.78 is 0. The Morgan fingerprint density at radius 3 is 2.91 bits per heavy atom. The molecule has 0 amide bonds. The van der Waals surface area contributed by atoms with Crippen LogP contribution in [0.15, 0.2) is 34.9 Å². The van der Waals surface area contributed by atoms with Crippen LogP contribution in [0.2, 0.25) is 0 Å². The zero-order valence-electron chi connectivity index (χ0n) is 13.5. The van der Waals surface area contributed by atoms with Gasteiger partial charge in [-0.05, 0) is 66.6 Å². The largest absolute Gasteiger partial charge is 0.481 e. The number of aliphatic carboxylic acids is 1. The molecule has 0 heterocycles. The molecule has 0 radical (unpaired) electrons. The van der Waals surface area contributed by atoms with Gasteiger partial charge < -0.3 is 5.11 Å². The van der Waals surface area contributed by atoms with E-state index in [0.29, 0.717) is 0 Å². The summed E-state index contributed by atoms with van der Waals surface area (Å²) >= 11 is 0. The zero-order valence-corrected chi connectivity index (χ0v) is 13.5. The van der Waals surface area contributed by atoms with Crippen LogP contribution in [0, 0.1) is 23.2 Å². The highest BCUT2D eigenvalue weighted by molar-refractivity contribution is 5.72. The van der Waals surface area contributed by atoms with Gasteiger partial charge in [0.1, 0.15) is 0 Å². The molecule has 2 saturated carbocycles. The lowest BCUT2D eigenvalue weighted by Gasteiger charge is -2.49. The molecule has 0 aromatic carbocycles. The first-order valence-electron chi connectivity index (χ1n) is 8.93. The fourth-order valence-electron chi connectivity index (χ4n) is 5.69. The van der Waals surface area contributed by atoms with E-state index in [1.165, 1.54) is 44.1 Å². The summed E-state index contributed by atoms with van der Waals surface area (Å²) in [6.45, 7) is 2.27. The summed E-state index contributed by atoms with van der Waals surface area (Å²) in [4.78, 5) is 11.2. The van der Waals surface area contributed by atoms with Gasteiger partial charge in [0.05, 0.1) is 6.42 Å². The van der Waals surface area contributed by atoms with Gasteiger partial charge in [0.2, 0.25) is 0 Å². The fourth-order valence-corrected chi connectivity index (χ4v) is 5.69. The second-order valence-electron chi connectivity index (χ2n) is 7.92. The fraction of sp³-hybridized carbons (Fsp3) is 0.650. The van der Waals surface area contributed by atoms with Gasteiger partial charge in [-0.25, -0.2) is 0 Å². The third-order valence-electron chi connectivity index (χ3n) is 6.89. The second kappa shape index (κ2) is 5.11. The van der Waals surface area contributed by atoms with Crippen LogP contribution in [-0.2, 0) is 4.79 Å². The van der Waals surface area contributed by atoms with Gasteiger partial charge in [-0.2, -0.15) is 0 Å². The highest BCUT2D eigenvalue weighted by atomic mass is 16.4. The molecule has 0 aromatic heterocycles. The van der Waals surface area contributed by atoms with E-state index in [9.17, 15) is 9.90 Å². The second-order valence-corrected chi connectivity index (χ2v) is 7.92. The Kier molecular flexibility index (Phi) is 3.32. The van der Waals surface area contributed by atoms with E-state index in [0.717, 1.165) is 29.7 Å². The summed E-state index contributed by atoms with van der Waals surface area (Å²) in [5.74, 6) is 1.85. The first-order valence-corrected chi connectivity index (χ1v) is 8.93. The number of fused-ring (bicyclic) bond motifs is 5. The number of carboxylic acids is 1. The Bertz CT molecular complexity index is 595. The molecule has 2 nitrogen and oxygen atoms in total. The molecule has 4 atom stereocenters. The molecule has 4 aliphatic carbocycles. The molecule has 2 heteroatoms. The van der Waals surface area contributed by atoms with Crippen LogP contribution in [0.5, 0.6) is 0 Å². The lowest BCUT2D eigenvalue weighted by Crippen LogP contribution is -2.38. The Hall–Kier alpha value is -1.31. The van der Waals surface area contributed by atoms with Crippen molar-refractivity contribution in [3.8, 4) is 0 Å². The molecular weight excluding hydrogens is 272 g/mol. The molecule has 22 heavy (non-hydrogen) atoms. The summed E-state index contributed by atoms with van der Waals surface area (Å²) in [6, 6.07) is 0. The highest BCUT2D eigenvalue weighted by Crippen LogP contribution is 2.59. The van der Waals surface area contributed by atoms with Gasteiger partial charge in [0, 0.05) is 5.41 Å². The minimum absolute atomic E-state index is 0.0117. The number of hydrogen-bond acceptors (Lipinski definition) is 1. The number of hydrogen-bond donors (Lipinski definition) is 1. The molecule has 1 unspecified atom stereocenters. The van der Waals surface area contributed by atoms with Crippen molar-refractivity contribution in [2.24, 2.45) is 23.2 Å². The van der Waals surface area contributed by atoms with Crippen molar-refractivity contribution in [3.63, 3.8) is 0 Å². The lowest BCUT2D eigenvalue weighted by molar-refractivity contribution is -0.136. The summed E-state index contributed by atoms with van der Waals surface area (Å²) in [5.41, 5.74) is 4.13. The van der Waals surface area contributed by atoms with E-state index in [1.807, 2.05) is 0 Å². The quantitative estimate of drug-likeness (QED) is 0.789. The zero-order chi connectivity index (χ0) is 15.3. The monoisotopic (exact) mass is 298 g/mol. The average Bonchev–Trinajstić information content (AvgIpc) is 2.83. The molecular formula is C20H26O2. The van der Waals surface area contributed by atoms with Crippen molar-refractivity contribution >= 4 is 5.97 Å². The van der Waals surface area contributed by atoms with Crippen LogP contribution >= 0.6 is 0 Å². The summed E-state index contributed by atoms with van der Waals surface area (Å²) in [5, 5.41) is 9.19. The van der Waals surface area contributed by atoms with Crippen LogP contribution in [-0.4, -0.2) is 11.1 Å². The van der Waals surface area contributed by atoms with Crippen molar-refractivity contribution in [1.29, 1.82) is 0 Å². The van der Waals surface area contributed by atoms with Crippen molar-refractivity contribution < 1.29 is 9.90 Å². The Labute approximate surface area is 133 Å². The van der Waals surface area contributed by atoms with E-state index < -0.39 is 5.97 Å². The minimum Gasteiger partial charge on any atom is -0.481 e. The standard InChI is InChI=1S/C20H26O2/c1-20-11-10-16-15-5-3-2-4-13(15)6-8-17(16)18(20)9-7-14(20)12-19(21)22/h7-9,13,15-16H,2-6,10-12H2,1H3,(H,21,22)/t13?,15-,16+,20+/m0/s1. The number of allylic oxidation sites excluding steroid dienone is 5. The first-order chi connectivity index (χ1) is 10.6. The van der Waals surface area contributed by atoms with Crippen molar-refractivity contribution in [3.05, 3.63) is 34.9 Å². The Morgan fingerprint density at radius 1 is 1.27 bits per heavy atom. The molecule has 1 N–H and O–H groups in total. The Balaban J connectivity index is 1.64. The van der Waals surface area contributed by atoms with E-state index in [2.05, 4.69) is 25.2 Å².